The molecule has 0 aliphatic heterocycles. The molecule has 2 heterocycles. The van der Waals surface area contributed by atoms with Gasteiger partial charge in [0.2, 0.25) is 0 Å². The van der Waals surface area contributed by atoms with E-state index in [-0.39, 0.29) is 6.61 Å². The Balaban J connectivity index is 2.08. The first kappa shape index (κ1) is 8.40. The number of ether oxygens (including phenoxy) is 1. The summed E-state index contributed by atoms with van der Waals surface area (Å²) in [6, 6.07) is 1.75. The van der Waals surface area contributed by atoms with Gasteiger partial charge in [0.1, 0.15) is 5.69 Å². The molecule has 4 heteroatoms. The molecule has 0 atom stereocenters. The molecule has 0 unspecified atom stereocenters. The smallest absolute Gasteiger partial charge is 0.124 e. The van der Waals surface area contributed by atoms with Gasteiger partial charge in [0.05, 0.1) is 15.7 Å². The Hall–Kier alpha value is -1.70. The van der Waals surface area contributed by atoms with Crippen molar-refractivity contribution < 1.29 is 8.85 Å². The molecule has 2 rings (SSSR count). The molecule has 86 valence electrons. The SMILES string of the molecule is [3H]C([3H])([3H])OCc1cncc(C#Cc2csc(C)n2)c1. The summed E-state index contributed by atoms with van der Waals surface area (Å²) in [7, 11) is -2.40. The van der Waals surface area contributed by atoms with Gasteiger partial charge >= 0.3 is 0 Å². The summed E-state index contributed by atoms with van der Waals surface area (Å²) in [4.78, 5) is 8.26. The third-order valence-electron chi connectivity index (χ3n) is 1.99. The highest BCUT2D eigenvalue weighted by Gasteiger charge is 1.95. The second kappa shape index (κ2) is 5.58. The van der Waals surface area contributed by atoms with Gasteiger partial charge in [-0.3, -0.25) is 4.98 Å². The number of nitrogens with zero attached hydrogens (tertiary/aromatic N) is 2. The predicted molar refractivity (Wildman–Crippen MR) is 67.8 cm³/mol. The van der Waals surface area contributed by atoms with Crippen LogP contribution in [0.3, 0.4) is 0 Å². The van der Waals surface area contributed by atoms with E-state index in [0.717, 1.165) is 10.7 Å². The number of thiazole rings is 1. The van der Waals surface area contributed by atoms with Crippen LogP contribution in [0.25, 0.3) is 0 Å². The normalized spacial score (nSPS) is 13.1. The van der Waals surface area contributed by atoms with E-state index in [1.165, 1.54) is 0 Å². The summed E-state index contributed by atoms with van der Waals surface area (Å²) < 4.78 is 25.7. The number of aromatic nitrogens is 2. The quantitative estimate of drug-likeness (QED) is 0.768. The zero-order chi connectivity index (χ0) is 14.6. The van der Waals surface area contributed by atoms with Crippen LogP contribution in [-0.4, -0.2) is 17.0 Å². The standard InChI is InChI=1S/C13H12N2OS/c1-10-15-13(9-17-10)4-3-11-5-12(8-16-2)7-14-6-11/h5-7,9H,8H2,1-2H3/i2T3. The van der Waals surface area contributed by atoms with E-state index < -0.39 is 7.04 Å². The van der Waals surface area contributed by atoms with E-state index in [1.807, 2.05) is 12.3 Å². The van der Waals surface area contributed by atoms with Crippen LogP contribution in [0, 0.1) is 18.8 Å². The molecule has 3 nitrogen and oxygen atoms in total. The highest BCUT2D eigenvalue weighted by atomic mass is 32.1. The summed E-state index contributed by atoms with van der Waals surface area (Å²) >= 11 is 1.54. The fourth-order valence-electron chi connectivity index (χ4n) is 1.28. The molecule has 0 N–H and O–H groups in total. The number of hydrogen-bond acceptors (Lipinski definition) is 4. The second-order valence-electron chi connectivity index (χ2n) is 3.37. The van der Waals surface area contributed by atoms with Crippen molar-refractivity contribution in [3.63, 3.8) is 0 Å². The highest BCUT2D eigenvalue weighted by molar-refractivity contribution is 7.09. The molecular weight excluding hydrogens is 232 g/mol. The Bertz CT molecular complexity index is 655. The first-order chi connectivity index (χ1) is 9.42. The van der Waals surface area contributed by atoms with Crippen molar-refractivity contribution in [2.75, 3.05) is 7.04 Å². The van der Waals surface area contributed by atoms with Crippen molar-refractivity contribution in [1.29, 1.82) is 0 Å². The lowest BCUT2D eigenvalue weighted by Gasteiger charge is -1.98. The Kier molecular flexibility index (Phi) is 2.75. The number of hydrogen-bond donors (Lipinski definition) is 0. The summed E-state index contributed by atoms with van der Waals surface area (Å²) in [6.45, 7) is 1.90. The Morgan fingerprint density at radius 3 is 3.18 bits per heavy atom. The maximum atomic E-state index is 6.99. The van der Waals surface area contributed by atoms with Gasteiger partial charge in [0.25, 0.3) is 0 Å². The largest absolute Gasteiger partial charge is 0.380 e. The zero-order valence-corrected chi connectivity index (χ0v) is 10.0. The second-order valence-corrected chi connectivity index (χ2v) is 4.43. The van der Waals surface area contributed by atoms with E-state index >= 15 is 0 Å². The van der Waals surface area contributed by atoms with Crippen molar-refractivity contribution in [2.45, 2.75) is 13.5 Å². The Morgan fingerprint density at radius 2 is 2.41 bits per heavy atom. The lowest BCUT2D eigenvalue weighted by molar-refractivity contribution is 0.184. The lowest BCUT2D eigenvalue weighted by atomic mass is 10.2. The predicted octanol–water partition coefficient (Wildman–Crippen LogP) is 2.39. The molecule has 0 fully saturated rings. The minimum atomic E-state index is -2.40. The topological polar surface area (TPSA) is 35.0 Å². The van der Waals surface area contributed by atoms with Gasteiger partial charge in [-0.2, -0.15) is 0 Å². The molecule has 0 aliphatic carbocycles. The molecule has 0 saturated carbocycles. The Labute approximate surface area is 109 Å². The summed E-state index contributed by atoms with van der Waals surface area (Å²) in [5.74, 6) is 5.89. The number of aryl methyl sites for hydroxylation is 1. The first-order valence-electron chi connectivity index (χ1n) is 6.44. The molecular formula is C13H12N2OS. The fourth-order valence-corrected chi connectivity index (χ4v) is 1.82. The van der Waals surface area contributed by atoms with Gasteiger partial charge in [-0.15, -0.1) is 11.3 Å². The first-order valence-corrected chi connectivity index (χ1v) is 5.82. The fraction of sp³-hybridized carbons (Fsp3) is 0.231. The van der Waals surface area contributed by atoms with Crippen molar-refractivity contribution in [3.05, 3.63) is 45.7 Å². The zero-order valence-electron chi connectivity index (χ0n) is 12.2. The summed E-state index contributed by atoms with van der Waals surface area (Å²) in [5, 5.41) is 2.85. The van der Waals surface area contributed by atoms with Crippen LogP contribution in [0.1, 0.15) is 25.9 Å². The van der Waals surface area contributed by atoms with Crippen LogP contribution in [0.15, 0.2) is 23.8 Å². The lowest BCUT2D eigenvalue weighted by Crippen LogP contribution is -1.90. The van der Waals surface area contributed by atoms with E-state index in [1.54, 1.807) is 29.8 Å². The molecule has 0 saturated heterocycles. The van der Waals surface area contributed by atoms with Crippen LogP contribution in [-0.2, 0) is 11.3 Å². The minimum absolute atomic E-state index is 0.0190. The molecule has 0 spiro atoms. The van der Waals surface area contributed by atoms with Crippen molar-refractivity contribution in [2.24, 2.45) is 0 Å². The van der Waals surface area contributed by atoms with Gasteiger partial charge in [-0.1, -0.05) is 5.92 Å². The van der Waals surface area contributed by atoms with Crippen LogP contribution >= 0.6 is 11.3 Å². The third-order valence-corrected chi connectivity index (χ3v) is 2.76. The maximum Gasteiger partial charge on any atom is 0.124 e. The number of rotatable bonds is 2. The van der Waals surface area contributed by atoms with Gasteiger partial charge in [-0.05, 0) is 24.5 Å². The molecule has 0 aromatic carbocycles. The summed E-state index contributed by atoms with van der Waals surface area (Å²) in [6.07, 6.45) is 3.18. The highest BCUT2D eigenvalue weighted by Crippen LogP contribution is 2.07. The van der Waals surface area contributed by atoms with E-state index in [0.29, 0.717) is 11.1 Å². The molecule has 2 aromatic rings. The van der Waals surface area contributed by atoms with Crippen molar-refractivity contribution in [3.8, 4) is 11.8 Å². The molecule has 0 radical (unpaired) electrons. The number of methoxy groups -OCH3 is 1. The average Bonchev–Trinajstić information content (AvgIpc) is 2.80. The molecule has 0 amide bonds. The Morgan fingerprint density at radius 1 is 1.47 bits per heavy atom. The number of pyridine rings is 1. The van der Waals surface area contributed by atoms with Gasteiger partial charge in [-0.25, -0.2) is 4.98 Å². The molecule has 0 aliphatic rings. The van der Waals surface area contributed by atoms with Crippen LogP contribution in [0.5, 0.6) is 0 Å². The van der Waals surface area contributed by atoms with Gasteiger partial charge in [0.15, 0.2) is 0 Å². The van der Waals surface area contributed by atoms with Crippen molar-refractivity contribution >= 4 is 11.3 Å². The molecule has 0 bridgehead atoms. The minimum Gasteiger partial charge on any atom is -0.380 e. The van der Waals surface area contributed by atoms with E-state index in [9.17, 15) is 0 Å². The maximum absolute atomic E-state index is 6.99. The molecule has 17 heavy (non-hydrogen) atoms. The van der Waals surface area contributed by atoms with E-state index in [2.05, 4.69) is 21.8 Å². The van der Waals surface area contributed by atoms with Crippen LogP contribution in [0.4, 0.5) is 0 Å². The van der Waals surface area contributed by atoms with Gasteiger partial charge in [0, 0.05) is 30.4 Å². The monoisotopic (exact) mass is 250 g/mol. The van der Waals surface area contributed by atoms with E-state index in [4.69, 9.17) is 8.85 Å². The molecule has 2 aromatic heterocycles. The van der Waals surface area contributed by atoms with Crippen LogP contribution < -0.4 is 0 Å². The van der Waals surface area contributed by atoms with Crippen molar-refractivity contribution in [1.82, 2.24) is 9.97 Å². The third kappa shape index (κ3) is 3.38. The average molecular weight is 250 g/mol. The summed E-state index contributed by atoms with van der Waals surface area (Å²) in [5.41, 5.74) is 2.08. The van der Waals surface area contributed by atoms with Gasteiger partial charge < -0.3 is 4.74 Å². The van der Waals surface area contributed by atoms with Crippen LogP contribution in [0.2, 0.25) is 0 Å².